The topological polar surface area (TPSA) is 203 Å². The van der Waals surface area contributed by atoms with Crippen LogP contribution in [-0.2, 0) is 23.9 Å². The summed E-state index contributed by atoms with van der Waals surface area (Å²) in [6.45, 7) is 16.7. The predicted molar refractivity (Wildman–Crippen MR) is 300 cm³/mol. The molecule has 17 nitrogen and oxygen atoms in total. The molecule has 0 saturated carbocycles. The number of carbonyl (C=O) groups excluding carboxylic acids is 4. The van der Waals surface area contributed by atoms with Crippen LogP contribution < -0.4 is 20.3 Å². The second-order valence-corrected chi connectivity index (χ2v) is 22.7. The second kappa shape index (κ2) is 24.1. The van der Waals surface area contributed by atoms with Gasteiger partial charge >= 0.3 is 6.01 Å². The number of benzene rings is 4. The van der Waals surface area contributed by atoms with E-state index in [-0.39, 0.29) is 78.0 Å². The van der Waals surface area contributed by atoms with Crippen molar-refractivity contribution in [2.75, 3.05) is 70.5 Å². The van der Waals surface area contributed by atoms with Gasteiger partial charge in [-0.25, -0.2) is 9.37 Å². The first-order valence-corrected chi connectivity index (χ1v) is 27.8. The highest BCUT2D eigenvalue weighted by atomic mass is 35.5. The van der Waals surface area contributed by atoms with Gasteiger partial charge in [0.05, 0.1) is 46.0 Å². The summed E-state index contributed by atoms with van der Waals surface area (Å²) < 4.78 is 29.3. The number of fused-ring (bicyclic) bond motifs is 2. The number of β-amino-alcohol motifs (C(OH)–C–C–N with tert-alkyl or cyclic N) is 1. The molecule has 9 rings (SSSR count). The summed E-state index contributed by atoms with van der Waals surface area (Å²) in [7, 11) is 0. The first-order chi connectivity index (χ1) is 37.4. The minimum absolute atomic E-state index is 0.00870. The number of piperazine rings is 1. The van der Waals surface area contributed by atoms with Gasteiger partial charge in [0.1, 0.15) is 35.8 Å². The summed E-state index contributed by atoms with van der Waals surface area (Å²) in [4.78, 5) is 76.1. The van der Waals surface area contributed by atoms with Crippen LogP contribution in [0.2, 0.25) is 5.02 Å². The van der Waals surface area contributed by atoms with E-state index in [1.54, 1.807) is 28.4 Å². The monoisotopic (exact) mass is 1100 g/mol. The molecule has 0 unspecified atom stereocenters. The van der Waals surface area contributed by atoms with Crippen LogP contribution in [0.25, 0.3) is 43.2 Å². The normalized spacial score (nSPS) is 18.3. The van der Waals surface area contributed by atoms with Gasteiger partial charge < -0.3 is 49.9 Å². The molecule has 6 aromatic rings. The molecule has 4 atom stereocenters. The molecule has 4 amide bonds. The maximum absolute atomic E-state index is 17.1. The number of aromatic nitrogens is 3. The average molecular weight is 1100 g/mol. The zero-order valence-corrected chi connectivity index (χ0v) is 46.2. The Kier molecular flexibility index (Phi) is 17.3. The molecule has 3 fully saturated rings. The van der Waals surface area contributed by atoms with Gasteiger partial charge in [0.2, 0.25) is 23.6 Å². The molecule has 2 aromatic heterocycles. The lowest BCUT2D eigenvalue weighted by atomic mass is 9.85. The smallest absolute Gasteiger partial charge is 0.319 e. The van der Waals surface area contributed by atoms with Gasteiger partial charge in [0.15, 0.2) is 5.82 Å². The summed E-state index contributed by atoms with van der Waals surface area (Å²) in [6.07, 6.45) is 2.24. The fourth-order valence-electron chi connectivity index (χ4n) is 10.6. The number of thiazole rings is 1. The van der Waals surface area contributed by atoms with Gasteiger partial charge in [-0.15, -0.1) is 11.3 Å². The zero-order valence-electron chi connectivity index (χ0n) is 44.6. The molecule has 0 aliphatic carbocycles. The van der Waals surface area contributed by atoms with Crippen LogP contribution in [-0.4, -0.2) is 153 Å². The first-order valence-electron chi connectivity index (χ1n) is 26.5. The molecular weight excluding hydrogens is 1040 g/mol. The summed E-state index contributed by atoms with van der Waals surface area (Å²) in [5.74, 6) is -1.75. The number of aliphatic hydroxyl groups excluding tert-OH is 1. The predicted octanol–water partition coefficient (Wildman–Crippen LogP) is 7.83. The van der Waals surface area contributed by atoms with E-state index in [4.69, 9.17) is 26.1 Å². The highest BCUT2D eigenvalue weighted by molar-refractivity contribution is 7.13. The maximum atomic E-state index is 17.1. The van der Waals surface area contributed by atoms with Crippen LogP contribution in [0.3, 0.4) is 0 Å². The third kappa shape index (κ3) is 12.6. The molecule has 20 heteroatoms. The quantitative estimate of drug-likeness (QED) is 0.0509. The third-order valence-corrected chi connectivity index (χ3v) is 16.2. The van der Waals surface area contributed by atoms with E-state index in [1.165, 1.54) is 17.0 Å². The third-order valence-electron chi connectivity index (χ3n) is 14.9. The zero-order chi connectivity index (χ0) is 55.4. The van der Waals surface area contributed by atoms with Crippen LogP contribution in [0.4, 0.5) is 10.2 Å². The number of hydrogen-bond donors (Lipinski definition) is 4. The number of rotatable bonds is 17. The number of aromatic hydroxyl groups is 1. The number of piperidine rings is 1. The van der Waals surface area contributed by atoms with Crippen LogP contribution in [0.15, 0.2) is 84.9 Å². The second-order valence-electron chi connectivity index (χ2n) is 21.4. The number of phenols is 1. The molecule has 412 valence electrons. The molecule has 3 saturated heterocycles. The number of phenolic OH excluding ortho intramolecular Hbond substituents is 1. The van der Waals surface area contributed by atoms with E-state index < -0.39 is 41.2 Å². The molecule has 0 radical (unpaired) electrons. The van der Waals surface area contributed by atoms with Crippen molar-refractivity contribution in [2.45, 2.75) is 90.6 Å². The molecule has 5 heterocycles. The van der Waals surface area contributed by atoms with E-state index in [0.717, 1.165) is 21.7 Å². The van der Waals surface area contributed by atoms with Gasteiger partial charge in [-0.3, -0.25) is 19.2 Å². The van der Waals surface area contributed by atoms with E-state index >= 15 is 4.39 Å². The molecule has 3 aliphatic rings. The average Bonchev–Trinajstić information content (AvgIpc) is 4.16. The van der Waals surface area contributed by atoms with Crippen molar-refractivity contribution < 1.29 is 43.3 Å². The van der Waals surface area contributed by atoms with Crippen LogP contribution in [0.5, 0.6) is 11.8 Å². The number of aliphatic hydroxyl groups is 1. The number of anilines is 1. The SMILES string of the molecule is C=CC(=O)N1CCN(c2nc(OCCCN3CCC(OCC(=O)N[C@H](C(=O)N4C[C@H](O)C[C@H]4C(=O)N[C@@H](C)c4ccc(-c5scnc5C)cc4)C(C)(C)C)CC3)nc3c(F)c(-c4cc(O)cc5ccccc45)c(Cl)cc23)CC1. The number of nitrogens with one attached hydrogen (secondary N) is 2. The number of nitrogens with zero attached hydrogens (tertiary/aromatic N) is 7. The molecule has 4 N–H and O–H groups in total. The number of amides is 4. The standard InChI is InChI=1S/C58H67ClFN9O8S/c1-7-48(73)67-22-24-68(25-23-67)54-44-30-45(59)49(43-28-39(70)27-38-11-8-9-12-42(38)43)50(60)51(44)64-57(65-54)76-26-10-19-66-20-17-41(18-21-66)77-32-47(72)63-53(58(4,5)6)56(75)69-31-40(71)29-46(69)55(74)62-34(2)36-13-15-37(16-14-36)52-35(3)61-33-78-52/h7-9,11-16,27-28,30,33-34,40-41,46,53,70-71H,1,10,17-26,29,31-32H2,2-6H3,(H,62,74)(H,63,72)/t34-,40+,46-,53+/m0/s1. The minimum atomic E-state index is -0.990. The number of hydrogen-bond acceptors (Lipinski definition) is 14. The number of aryl methyl sites for hydroxylation is 1. The molecular formula is C58H67ClFN9O8S. The molecule has 78 heavy (non-hydrogen) atoms. The summed E-state index contributed by atoms with van der Waals surface area (Å²) in [5.41, 5.74) is 4.48. The molecule has 4 aromatic carbocycles. The summed E-state index contributed by atoms with van der Waals surface area (Å²) >= 11 is 8.48. The lowest BCUT2D eigenvalue weighted by Gasteiger charge is -2.36. The van der Waals surface area contributed by atoms with Crippen molar-refractivity contribution in [1.82, 2.24) is 40.3 Å². The lowest BCUT2D eigenvalue weighted by Crippen LogP contribution is -2.58. The minimum Gasteiger partial charge on any atom is -0.508 e. The number of likely N-dealkylation sites (tertiary alicyclic amines) is 2. The van der Waals surface area contributed by atoms with E-state index in [0.29, 0.717) is 92.6 Å². The first kappa shape index (κ1) is 56.0. The van der Waals surface area contributed by atoms with Crippen molar-refractivity contribution in [3.8, 4) is 33.3 Å². The van der Waals surface area contributed by atoms with Gasteiger partial charge in [-0.05, 0) is 90.3 Å². The Bertz CT molecular complexity index is 3190. The van der Waals surface area contributed by atoms with Gasteiger partial charge in [-0.2, -0.15) is 9.97 Å². The number of halogens is 2. The summed E-state index contributed by atoms with van der Waals surface area (Å²) in [5, 5.41) is 29.2. The van der Waals surface area contributed by atoms with Crippen molar-refractivity contribution in [2.24, 2.45) is 5.41 Å². The van der Waals surface area contributed by atoms with Gasteiger partial charge in [0.25, 0.3) is 0 Å². The van der Waals surface area contributed by atoms with Crippen molar-refractivity contribution in [3.63, 3.8) is 0 Å². The van der Waals surface area contributed by atoms with E-state index in [2.05, 4.69) is 32.1 Å². The van der Waals surface area contributed by atoms with E-state index in [9.17, 15) is 29.4 Å². The Morgan fingerprint density at radius 2 is 1.71 bits per heavy atom. The van der Waals surface area contributed by atoms with Crippen molar-refractivity contribution in [1.29, 1.82) is 0 Å². The van der Waals surface area contributed by atoms with Crippen LogP contribution in [0.1, 0.15) is 70.7 Å². The lowest BCUT2D eigenvalue weighted by molar-refractivity contribution is -0.145. The summed E-state index contributed by atoms with van der Waals surface area (Å²) in [6, 6.07) is 17.7. The van der Waals surface area contributed by atoms with Gasteiger partial charge in [-0.1, -0.05) is 87.5 Å². The van der Waals surface area contributed by atoms with Crippen LogP contribution in [0, 0.1) is 18.2 Å². The maximum Gasteiger partial charge on any atom is 0.319 e. The molecule has 0 spiro atoms. The number of carbonyl (C=O) groups is 4. The Balaban J connectivity index is 0.778. The highest BCUT2D eigenvalue weighted by Crippen LogP contribution is 2.43. The van der Waals surface area contributed by atoms with Crippen LogP contribution >= 0.6 is 22.9 Å². The Morgan fingerprint density at radius 3 is 2.40 bits per heavy atom. The molecule has 3 aliphatic heterocycles. The van der Waals surface area contributed by atoms with Gasteiger partial charge in [0, 0.05) is 69.7 Å². The van der Waals surface area contributed by atoms with Crippen molar-refractivity contribution >= 4 is 74.1 Å². The van der Waals surface area contributed by atoms with Crippen molar-refractivity contribution in [3.05, 3.63) is 107 Å². The Labute approximate surface area is 462 Å². The fourth-order valence-corrected chi connectivity index (χ4v) is 11.8. The Morgan fingerprint density at radius 1 is 0.974 bits per heavy atom. The van der Waals surface area contributed by atoms with E-state index in [1.807, 2.05) is 93.6 Å². The number of ether oxygens (including phenoxy) is 2. The largest absolute Gasteiger partial charge is 0.508 e. The molecule has 0 bridgehead atoms. The Hall–Kier alpha value is -6.77. The highest BCUT2D eigenvalue weighted by Gasteiger charge is 2.45. The fraction of sp³-hybridized carbons (Fsp3) is 0.431.